The van der Waals surface area contributed by atoms with E-state index in [-0.39, 0.29) is 24.7 Å². The SMILES string of the molecule is COc1ccc(OC)c(CC(=O)NCCCN(CCCCCCN(CCCNC(=O)Cc2cc(OC)ccc2OC)C(=O)OC(C)(C)C)C(=O)OC(C)(C)C)c1. The first kappa shape index (κ1) is 47.3. The minimum Gasteiger partial charge on any atom is -0.497 e. The summed E-state index contributed by atoms with van der Waals surface area (Å²) < 4.78 is 32.7. The molecular formula is C42H66N4O10. The minimum atomic E-state index is -0.642. The van der Waals surface area contributed by atoms with Gasteiger partial charge in [0.2, 0.25) is 11.8 Å². The Balaban J connectivity index is 1.84. The van der Waals surface area contributed by atoms with Crippen molar-refractivity contribution < 1.29 is 47.6 Å². The Labute approximate surface area is 333 Å². The van der Waals surface area contributed by atoms with Crippen LogP contribution in [0.2, 0.25) is 0 Å². The molecule has 0 bridgehead atoms. The Morgan fingerprint density at radius 1 is 0.518 bits per heavy atom. The third-order valence-corrected chi connectivity index (χ3v) is 8.44. The number of nitrogens with one attached hydrogen (secondary N) is 2. The number of ether oxygens (including phenoxy) is 6. The van der Waals surface area contributed by atoms with Gasteiger partial charge in [-0.2, -0.15) is 0 Å². The first-order chi connectivity index (χ1) is 26.5. The van der Waals surface area contributed by atoms with Gasteiger partial charge in [0.15, 0.2) is 0 Å². The fourth-order valence-electron chi connectivity index (χ4n) is 5.71. The molecule has 4 amide bonds. The van der Waals surface area contributed by atoms with Crippen LogP contribution in [0.4, 0.5) is 9.59 Å². The molecule has 0 aliphatic rings. The maximum atomic E-state index is 13.1. The molecule has 0 saturated heterocycles. The number of hydrogen-bond donors (Lipinski definition) is 2. The molecule has 14 heteroatoms. The first-order valence-electron chi connectivity index (χ1n) is 19.4. The molecule has 0 heterocycles. The summed E-state index contributed by atoms with van der Waals surface area (Å²) in [6.07, 6.45) is 3.77. The average Bonchev–Trinajstić information content (AvgIpc) is 3.12. The molecule has 0 saturated carbocycles. The lowest BCUT2D eigenvalue weighted by Crippen LogP contribution is -2.39. The van der Waals surface area contributed by atoms with Gasteiger partial charge in [-0.25, -0.2) is 9.59 Å². The topological polar surface area (TPSA) is 154 Å². The standard InChI is InChI=1S/C42H66N4O10/c1-41(2,3)55-39(49)45(25-15-21-43-37(47)29-31-27-33(51-7)17-19-35(31)53-9)23-13-11-12-14-24-46(40(50)56-42(4,5)6)26-16-22-44-38(48)30-32-28-34(52-8)18-20-36(32)54-10/h17-20,27-28H,11-16,21-26,29-30H2,1-10H3,(H,43,47)(H,44,48). The molecule has 14 nitrogen and oxygen atoms in total. The Kier molecular flexibility index (Phi) is 20.2. The van der Waals surface area contributed by atoms with Crippen LogP contribution in [0.3, 0.4) is 0 Å². The van der Waals surface area contributed by atoms with Crippen LogP contribution in [0.1, 0.15) is 91.2 Å². The van der Waals surface area contributed by atoms with Crippen LogP contribution < -0.4 is 29.6 Å². The number of benzene rings is 2. The quantitative estimate of drug-likeness (QED) is 0.119. The molecule has 56 heavy (non-hydrogen) atoms. The lowest BCUT2D eigenvalue weighted by atomic mass is 10.1. The van der Waals surface area contributed by atoms with E-state index in [9.17, 15) is 19.2 Å². The van der Waals surface area contributed by atoms with Crippen LogP contribution in [0.5, 0.6) is 23.0 Å². The number of amides is 4. The van der Waals surface area contributed by atoms with Gasteiger partial charge in [-0.3, -0.25) is 9.59 Å². The van der Waals surface area contributed by atoms with Gasteiger partial charge in [-0.05, 0) is 104 Å². The predicted octanol–water partition coefficient (Wildman–Crippen LogP) is 6.55. The van der Waals surface area contributed by atoms with E-state index in [0.29, 0.717) is 75.1 Å². The van der Waals surface area contributed by atoms with E-state index in [1.54, 1.807) is 74.6 Å². The number of carbonyl (C=O) groups excluding carboxylic acids is 4. The summed E-state index contributed by atoms with van der Waals surface area (Å²) in [7, 11) is 6.26. The monoisotopic (exact) mass is 786 g/mol. The highest BCUT2D eigenvalue weighted by molar-refractivity contribution is 5.80. The van der Waals surface area contributed by atoms with Crippen LogP contribution in [-0.4, -0.2) is 113 Å². The number of unbranched alkanes of at least 4 members (excludes halogenated alkanes) is 3. The summed E-state index contributed by atoms with van der Waals surface area (Å²) in [5.41, 5.74) is 0.161. The Morgan fingerprint density at radius 2 is 0.875 bits per heavy atom. The van der Waals surface area contributed by atoms with E-state index in [1.807, 2.05) is 41.5 Å². The summed E-state index contributed by atoms with van der Waals surface area (Å²) in [5.74, 6) is 2.19. The zero-order chi connectivity index (χ0) is 41.7. The third kappa shape index (κ3) is 18.6. The van der Waals surface area contributed by atoms with Gasteiger partial charge in [-0.15, -0.1) is 0 Å². The van der Waals surface area contributed by atoms with Crippen molar-refractivity contribution in [3.8, 4) is 23.0 Å². The lowest BCUT2D eigenvalue weighted by Gasteiger charge is -2.28. The number of methoxy groups -OCH3 is 4. The summed E-state index contributed by atoms with van der Waals surface area (Å²) >= 11 is 0. The lowest BCUT2D eigenvalue weighted by molar-refractivity contribution is -0.121. The Hall–Kier alpha value is -4.88. The highest BCUT2D eigenvalue weighted by atomic mass is 16.6. The number of nitrogens with zero attached hydrogens (tertiary/aromatic N) is 2. The zero-order valence-corrected chi connectivity index (χ0v) is 35.3. The normalized spacial score (nSPS) is 11.2. The number of hydrogen-bond acceptors (Lipinski definition) is 10. The molecule has 0 aliphatic heterocycles. The molecule has 2 rings (SSSR count). The predicted molar refractivity (Wildman–Crippen MR) is 216 cm³/mol. The molecule has 0 fully saturated rings. The van der Waals surface area contributed by atoms with Gasteiger partial charge in [-0.1, -0.05) is 12.8 Å². The van der Waals surface area contributed by atoms with E-state index in [2.05, 4.69) is 10.6 Å². The van der Waals surface area contributed by atoms with E-state index >= 15 is 0 Å². The molecule has 314 valence electrons. The van der Waals surface area contributed by atoms with Gasteiger partial charge in [0.05, 0.1) is 41.3 Å². The van der Waals surface area contributed by atoms with Crippen LogP contribution in [0.15, 0.2) is 36.4 Å². The van der Waals surface area contributed by atoms with Crippen molar-refractivity contribution in [1.82, 2.24) is 20.4 Å². The average molecular weight is 787 g/mol. The first-order valence-corrected chi connectivity index (χ1v) is 19.4. The van der Waals surface area contributed by atoms with Crippen LogP contribution >= 0.6 is 0 Å². The summed E-state index contributed by atoms with van der Waals surface area (Å²) in [5, 5.41) is 5.87. The molecule has 2 N–H and O–H groups in total. The molecule has 2 aromatic rings. The fourth-order valence-corrected chi connectivity index (χ4v) is 5.71. The molecule has 0 atom stereocenters. The highest BCUT2D eigenvalue weighted by Gasteiger charge is 2.23. The maximum Gasteiger partial charge on any atom is 0.410 e. The molecule has 2 aromatic carbocycles. The van der Waals surface area contributed by atoms with E-state index in [1.165, 1.54) is 0 Å². The van der Waals surface area contributed by atoms with Gasteiger partial charge < -0.3 is 48.9 Å². The van der Waals surface area contributed by atoms with Crippen molar-refractivity contribution in [2.75, 3.05) is 67.7 Å². The number of carbonyl (C=O) groups is 4. The second kappa shape index (κ2) is 23.9. The maximum absolute atomic E-state index is 13.1. The molecule has 0 aromatic heterocycles. The van der Waals surface area contributed by atoms with E-state index in [4.69, 9.17) is 28.4 Å². The molecular weight excluding hydrogens is 720 g/mol. The van der Waals surface area contributed by atoms with Crippen molar-refractivity contribution in [3.05, 3.63) is 47.5 Å². The summed E-state index contributed by atoms with van der Waals surface area (Å²) in [6.45, 7) is 13.6. The van der Waals surface area contributed by atoms with Crippen molar-refractivity contribution in [2.45, 2.75) is 104 Å². The smallest absolute Gasteiger partial charge is 0.410 e. The van der Waals surface area contributed by atoms with E-state index < -0.39 is 23.4 Å². The van der Waals surface area contributed by atoms with Crippen LogP contribution in [0.25, 0.3) is 0 Å². The van der Waals surface area contributed by atoms with Crippen molar-refractivity contribution in [3.63, 3.8) is 0 Å². The van der Waals surface area contributed by atoms with Gasteiger partial charge in [0, 0.05) is 50.4 Å². The van der Waals surface area contributed by atoms with Crippen LogP contribution in [-0.2, 0) is 31.9 Å². The van der Waals surface area contributed by atoms with Crippen LogP contribution in [0, 0.1) is 0 Å². The van der Waals surface area contributed by atoms with E-state index in [0.717, 1.165) is 36.8 Å². The highest BCUT2D eigenvalue weighted by Crippen LogP contribution is 2.25. The zero-order valence-electron chi connectivity index (χ0n) is 35.3. The summed E-state index contributed by atoms with van der Waals surface area (Å²) in [4.78, 5) is 54.9. The molecule has 0 unspecified atom stereocenters. The number of rotatable bonds is 23. The van der Waals surface area contributed by atoms with Gasteiger partial charge >= 0.3 is 12.2 Å². The summed E-state index contributed by atoms with van der Waals surface area (Å²) in [6, 6.07) is 10.7. The molecule has 0 aliphatic carbocycles. The second-order valence-electron chi connectivity index (χ2n) is 15.5. The third-order valence-electron chi connectivity index (χ3n) is 8.44. The Morgan fingerprint density at radius 3 is 1.20 bits per heavy atom. The largest absolute Gasteiger partial charge is 0.497 e. The minimum absolute atomic E-state index is 0.138. The van der Waals surface area contributed by atoms with Crippen molar-refractivity contribution >= 4 is 24.0 Å². The van der Waals surface area contributed by atoms with Gasteiger partial charge in [0.1, 0.15) is 34.2 Å². The second-order valence-corrected chi connectivity index (χ2v) is 15.5. The Bertz CT molecular complexity index is 1420. The molecule has 0 spiro atoms. The molecule has 0 radical (unpaired) electrons. The van der Waals surface area contributed by atoms with Gasteiger partial charge in [0.25, 0.3) is 0 Å². The van der Waals surface area contributed by atoms with Crippen molar-refractivity contribution in [1.29, 1.82) is 0 Å². The fraction of sp³-hybridized carbons (Fsp3) is 0.619. The van der Waals surface area contributed by atoms with Crippen molar-refractivity contribution in [2.24, 2.45) is 0 Å².